The second-order valence-corrected chi connectivity index (χ2v) is 4.10. The molecule has 3 rings (SSSR count). The lowest BCUT2D eigenvalue weighted by molar-refractivity contribution is 0.580. The van der Waals surface area contributed by atoms with Crippen LogP contribution < -0.4 is 5.56 Å². The maximum atomic E-state index is 11.8. The molecule has 0 amide bonds. The van der Waals surface area contributed by atoms with E-state index in [1.807, 2.05) is 12.1 Å². The average molecular weight is 263 g/mol. The minimum atomic E-state index is -0.427. The first-order valence-electron chi connectivity index (χ1n) is 5.88. The topological polar surface area (TPSA) is 63.2 Å². The fraction of sp³-hybridized carbons (Fsp3) is 0. The van der Waals surface area contributed by atoms with Crippen molar-refractivity contribution in [1.29, 1.82) is 0 Å². The van der Waals surface area contributed by atoms with Crippen LogP contribution in [-0.2, 0) is 0 Å². The monoisotopic (exact) mass is 263 g/mol. The predicted octanol–water partition coefficient (Wildman–Crippen LogP) is 3.25. The fourth-order valence-electron chi connectivity index (χ4n) is 1.98. The van der Waals surface area contributed by atoms with Crippen LogP contribution in [0.3, 0.4) is 0 Å². The molecule has 5 nitrogen and oxygen atoms in total. The molecule has 20 heavy (non-hydrogen) atoms. The van der Waals surface area contributed by atoms with E-state index in [4.69, 9.17) is 11.0 Å². The zero-order chi connectivity index (χ0) is 13.9. The van der Waals surface area contributed by atoms with Gasteiger partial charge in [0.25, 0.3) is 11.2 Å². The number of aromatic nitrogens is 2. The van der Waals surface area contributed by atoms with Crippen molar-refractivity contribution in [1.82, 2.24) is 9.97 Å². The molecule has 0 spiro atoms. The van der Waals surface area contributed by atoms with Gasteiger partial charge in [-0.15, -0.1) is 0 Å². The molecule has 0 aliphatic rings. The van der Waals surface area contributed by atoms with E-state index in [-0.39, 0.29) is 5.69 Å². The summed E-state index contributed by atoms with van der Waals surface area (Å²) < 4.78 is 5.35. The van der Waals surface area contributed by atoms with Crippen molar-refractivity contribution in [3.63, 3.8) is 0 Å². The number of nitrogens with zero attached hydrogens (tertiary/aromatic N) is 2. The fourth-order valence-corrected chi connectivity index (χ4v) is 1.98. The molecule has 1 N–H and O–H groups in total. The minimum Gasteiger partial charge on any atom is -0.463 e. The zero-order valence-electron chi connectivity index (χ0n) is 10.3. The van der Waals surface area contributed by atoms with Gasteiger partial charge in [0, 0.05) is 12.4 Å². The van der Waals surface area contributed by atoms with Crippen LogP contribution in [0.15, 0.2) is 58.2 Å². The Balaban J connectivity index is 2.32. The summed E-state index contributed by atoms with van der Waals surface area (Å²) in [5.74, 6) is 0.547. The Kier molecular flexibility index (Phi) is 2.90. The number of pyridine rings is 2. The highest BCUT2D eigenvalue weighted by Crippen LogP contribution is 2.31. The lowest BCUT2D eigenvalue weighted by Gasteiger charge is -2.08. The Bertz CT molecular complexity index is 828. The van der Waals surface area contributed by atoms with Crippen LogP contribution >= 0.6 is 0 Å². The first-order valence-corrected chi connectivity index (χ1v) is 5.88. The molecule has 0 aliphatic carbocycles. The number of aromatic amines is 1. The number of hydrogen-bond donors (Lipinski definition) is 1. The highest BCUT2D eigenvalue weighted by molar-refractivity contribution is 5.80. The first-order chi connectivity index (χ1) is 9.79. The predicted molar refractivity (Wildman–Crippen MR) is 74.3 cm³/mol. The summed E-state index contributed by atoms with van der Waals surface area (Å²) >= 11 is 0. The number of hydrogen-bond acceptors (Lipinski definition) is 3. The first kappa shape index (κ1) is 11.9. The molecule has 96 valence electrons. The van der Waals surface area contributed by atoms with Crippen molar-refractivity contribution in [2.45, 2.75) is 0 Å². The van der Waals surface area contributed by atoms with Crippen molar-refractivity contribution in [2.75, 3.05) is 0 Å². The third-order valence-corrected chi connectivity index (χ3v) is 2.90. The molecule has 0 bridgehead atoms. The highest BCUT2D eigenvalue weighted by atomic mass is 16.3. The standard InChI is InChI=1S/C15H9N3O2/c1-16-12-9-11(10-4-6-17-7-5-10)14(18-15(12)19)13-3-2-8-20-13/h2-9H,(H,18,19). The van der Waals surface area contributed by atoms with E-state index in [9.17, 15) is 4.79 Å². The lowest BCUT2D eigenvalue weighted by Crippen LogP contribution is -2.06. The Morgan fingerprint density at radius 3 is 2.70 bits per heavy atom. The Morgan fingerprint density at radius 2 is 2.05 bits per heavy atom. The Hall–Kier alpha value is -3.13. The van der Waals surface area contributed by atoms with Crippen molar-refractivity contribution in [2.24, 2.45) is 0 Å². The van der Waals surface area contributed by atoms with Crippen molar-refractivity contribution in [3.05, 3.63) is 70.8 Å². The second-order valence-electron chi connectivity index (χ2n) is 4.10. The molecule has 0 saturated heterocycles. The summed E-state index contributed by atoms with van der Waals surface area (Å²) in [6, 6.07) is 8.70. The van der Waals surface area contributed by atoms with Crippen LogP contribution in [0.5, 0.6) is 0 Å². The van der Waals surface area contributed by atoms with Gasteiger partial charge in [-0.1, -0.05) is 0 Å². The van der Waals surface area contributed by atoms with Crippen LogP contribution in [0.4, 0.5) is 5.69 Å². The second kappa shape index (κ2) is 4.86. The largest absolute Gasteiger partial charge is 0.463 e. The van der Waals surface area contributed by atoms with Gasteiger partial charge in [-0.05, 0) is 41.5 Å². The van der Waals surface area contributed by atoms with Gasteiger partial charge in [-0.2, -0.15) is 0 Å². The van der Waals surface area contributed by atoms with Gasteiger partial charge in [-0.3, -0.25) is 9.78 Å². The van der Waals surface area contributed by atoms with Crippen LogP contribution in [0, 0.1) is 6.57 Å². The molecule has 0 aromatic carbocycles. The van der Waals surface area contributed by atoms with E-state index >= 15 is 0 Å². The molecular formula is C15H9N3O2. The Morgan fingerprint density at radius 1 is 1.25 bits per heavy atom. The summed E-state index contributed by atoms with van der Waals surface area (Å²) in [6.07, 6.45) is 4.85. The summed E-state index contributed by atoms with van der Waals surface area (Å²) in [5, 5.41) is 0. The molecule has 5 heteroatoms. The van der Waals surface area contributed by atoms with E-state index in [2.05, 4.69) is 14.8 Å². The zero-order valence-corrected chi connectivity index (χ0v) is 10.3. The number of nitrogens with one attached hydrogen (secondary N) is 1. The van der Waals surface area contributed by atoms with Gasteiger partial charge in [0.1, 0.15) is 0 Å². The molecule has 0 radical (unpaired) electrons. The summed E-state index contributed by atoms with van der Waals surface area (Å²) in [4.78, 5) is 21.7. The third kappa shape index (κ3) is 1.99. The highest BCUT2D eigenvalue weighted by Gasteiger charge is 2.13. The van der Waals surface area contributed by atoms with Gasteiger partial charge in [0.2, 0.25) is 0 Å². The van der Waals surface area contributed by atoms with Crippen LogP contribution in [0.25, 0.3) is 27.4 Å². The lowest BCUT2D eigenvalue weighted by atomic mass is 10.0. The molecule has 0 saturated carbocycles. The minimum absolute atomic E-state index is 0.0483. The van der Waals surface area contributed by atoms with Gasteiger partial charge in [0.15, 0.2) is 5.76 Å². The summed E-state index contributed by atoms with van der Waals surface area (Å²) in [5.41, 5.74) is 1.76. The Labute approximate surface area is 114 Å². The van der Waals surface area contributed by atoms with E-state index in [0.717, 1.165) is 11.1 Å². The average Bonchev–Trinajstić information content (AvgIpc) is 3.02. The molecular weight excluding hydrogens is 254 g/mol. The molecule has 0 unspecified atom stereocenters. The molecule has 3 aromatic rings. The molecule has 0 atom stereocenters. The van der Waals surface area contributed by atoms with Crippen LogP contribution in [0.1, 0.15) is 0 Å². The number of furan rings is 1. The third-order valence-electron chi connectivity index (χ3n) is 2.90. The summed E-state index contributed by atoms with van der Waals surface area (Å²) in [7, 11) is 0. The SMILES string of the molecule is [C-]#[N+]c1cc(-c2ccncc2)c(-c2ccco2)[nH]c1=O. The number of rotatable bonds is 2. The van der Waals surface area contributed by atoms with Gasteiger partial charge in [0.05, 0.1) is 18.5 Å². The molecule has 0 aliphatic heterocycles. The van der Waals surface area contributed by atoms with Crippen molar-refractivity contribution in [3.8, 4) is 22.6 Å². The smallest absolute Gasteiger partial charge is 0.254 e. The van der Waals surface area contributed by atoms with Gasteiger partial charge in [-0.25, -0.2) is 4.85 Å². The van der Waals surface area contributed by atoms with E-state index in [1.165, 1.54) is 6.26 Å². The maximum absolute atomic E-state index is 11.8. The van der Waals surface area contributed by atoms with Crippen molar-refractivity contribution >= 4 is 5.69 Å². The van der Waals surface area contributed by atoms with E-state index < -0.39 is 5.56 Å². The van der Waals surface area contributed by atoms with E-state index in [0.29, 0.717) is 11.5 Å². The number of H-pyrrole nitrogens is 1. The normalized spacial score (nSPS) is 10.2. The molecule has 0 fully saturated rings. The molecule has 3 aromatic heterocycles. The van der Waals surface area contributed by atoms with Crippen molar-refractivity contribution < 1.29 is 4.42 Å². The van der Waals surface area contributed by atoms with E-state index in [1.54, 1.807) is 30.6 Å². The van der Waals surface area contributed by atoms with Gasteiger partial charge >= 0.3 is 0 Å². The van der Waals surface area contributed by atoms with Gasteiger partial charge < -0.3 is 9.40 Å². The van der Waals surface area contributed by atoms with Crippen LogP contribution in [-0.4, -0.2) is 9.97 Å². The summed E-state index contributed by atoms with van der Waals surface area (Å²) in [6.45, 7) is 7.06. The molecule has 3 heterocycles. The maximum Gasteiger partial charge on any atom is 0.254 e. The quantitative estimate of drug-likeness (QED) is 0.722. The van der Waals surface area contributed by atoms with Crippen LogP contribution in [0.2, 0.25) is 0 Å².